The molecule has 0 saturated carbocycles. The quantitative estimate of drug-likeness (QED) is 0.667. The molecule has 1 rings (SSSR count). The number of thiophene rings is 1. The Kier molecular flexibility index (Phi) is 3.44. The standard InChI is InChI=1S/C8H8ClNS/c9-7-4-6-11-8(7)3-1-2-5-10/h4,6H,2,5,10H2. The number of halogens is 1. The van der Waals surface area contributed by atoms with Crippen LogP contribution >= 0.6 is 22.9 Å². The van der Waals surface area contributed by atoms with Gasteiger partial charge in [-0.2, -0.15) is 0 Å². The van der Waals surface area contributed by atoms with Crippen molar-refractivity contribution in [3.8, 4) is 11.8 Å². The van der Waals surface area contributed by atoms with E-state index in [4.69, 9.17) is 17.3 Å². The molecule has 0 spiro atoms. The van der Waals surface area contributed by atoms with Crippen molar-refractivity contribution in [1.29, 1.82) is 0 Å². The molecule has 0 bridgehead atoms. The minimum atomic E-state index is 0.607. The fraction of sp³-hybridized carbons (Fsp3) is 0.250. The number of rotatable bonds is 1. The summed E-state index contributed by atoms with van der Waals surface area (Å²) in [6.45, 7) is 0.607. The normalized spacial score (nSPS) is 8.91. The lowest BCUT2D eigenvalue weighted by molar-refractivity contribution is 1.03. The Morgan fingerprint density at radius 1 is 1.64 bits per heavy atom. The van der Waals surface area contributed by atoms with Gasteiger partial charge in [0.2, 0.25) is 0 Å². The van der Waals surface area contributed by atoms with Crippen molar-refractivity contribution in [1.82, 2.24) is 0 Å². The van der Waals surface area contributed by atoms with E-state index in [0.717, 1.165) is 16.3 Å². The zero-order valence-electron chi connectivity index (χ0n) is 5.93. The lowest BCUT2D eigenvalue weighted by Crippen LogP contribution is -1.95. The average Bonchev–Trinajstić information content (AvgIpc) is 2.37. The zero-order valence-corrected chi connectivity index (χ0v) is 7.50. The summed E-state index contributed by atoms with van der Waals surface area (Å²) in [6, 6.07) is 1.85. The molecule has 0 unspecified atom stereocenters. The van der Waals surface area contributed by atoms with Gasteiger partial charge in [0.15, 0.2) is 0 Å². The van der Waals surface area contributed by atoms with E-state index in [2.05, 4.69) is 11.8 Å². The van der Waals surface area contributed by atoms with Gasteiger partial charge < -0.3 is 5.73 Å². The minimum absolute atomic E-state index is 0.607. The Balaban J connectivity index is 2.65. The van der Waals surface area contributed by atoms with Gasteiger partial charge in [-0.15, -0.1) is 11.3 Å². The number of hydrogen-bond donors (Lipinski definition) is 1. The van der Waals surface area contributed by atoms with E-state index in [0.29, 0.717) is 6.54 Å². The van der Waals surface area contributed by atoms with Crippen LogP contribution in [-0.4, -0.2) is 6.54 Å². The molecule has 11 heavy (non-hydrogen) atoms. The zero-order chi connectivity index (χ0) is 8.10. The van der Waals surface area contributed by atoms with Gasteiger partial charge in [-0.25, -0.2) is 0 Å². The van der Waals surface area contributed by atoms with Crippen molar-refractivity contribution in [2.24, 2.45) is 5.73 Å². The van der Waals surface area contributed by atoms with Crippen LogP contribution in [0.15, 0.2) is 11.4 Å². The molecule has 1 heterocycles. The second-order valence-corrected chi connectivity index (χ2v) is 3.26. The highest BCUT2D eigenvalue weighted by atomic mass is 35.5. The molecule has 0 radical (unpaired) electrons. The van der Waals surface area contributed by atoms with E-state index < -0.39 is 0 Å². The predicted octanol–water partition coefficient (Wildman–Crippen LogP) is 2.10. The molecule has 0 aliphatic carbocycles. The van der Waals surface area contributed by atoms with Gasteiger partial charge in [-0.05, 0) is 11.4 Å². The molecule has 1 aromatic heterocycles. The van der Waals surface area contributed by atoms with Crippen LogP contribution in [0.1, 0.15) is 11.3 Å². The third-order valence-corrected chi connectivity index (χ3v) is 2.35. The first-order valence-corrected chi connectivity index (χ1v) is 4.52. The highest BCUT2D eigenvalue weighted by Gasteiger charge is 1.94. The molecular weight excluding hydrogens is 178 g/mol. The fourth-order valence-corrected chi connectivity index (χ4v) is 1.57. The van der Waals surface area contributed by atoms with Gasteiger partial charge in [-0.3, -0.25) is 0 Å². The average molecular weight is 186 g/mol. The smallest absolute Gasteiger partial charge is 0.0954 e. The highest BCUT2D eigenvalue weighted by molar-refractivity contribution is 7.11. The lowest BCUT2D eigenvalue weighted by atomic mass is 10.4. The van der Waals surface area contributed by atoms with Gasteiger partial charge in [0.25, 0.3) is 0 Å². The van der Waals surface area contributed by atoms with Crippen LogP contribution in [0.2, 0.25) is 5.02 Å². The van der Waals surface area contributed by atoms with Crippen LogP contribution in [-0.2, 0) is 0 Å². The van der Waals surface area contributed by atoms with Gasteiger partial charge in [0, 0.05) is 13.0 Å². The van der Waals surface area contributed by atoms with E-state index >= 15 is 0 Å². The molecule has 3 heteroatoms. The van der Waals surface area contributed by atoms with Crippen molar-refractivity contribution >= 4 is 22.9 Å². The third kappa shape index (κ3) is 2.55. The summed E-state index contributed by atoms with van der Waals surface area (Å²) in [7, 11) is 0. The summed E-state index contributed by atoms with van der Waals surface area (Å²) in [5.74, 6) is 5.88. The van der Waals surface area contributed by atoms with Crippen LogP contribution < -0.4 is 5.73 Å². The van der Waals surface area contributed by atoms with E-state index in [-0.39, 0.29) is 0 Å². The van der Waals surface area contributed by atoms with Crippen molar-refractivity contribution in [2.75, 3.05) is 6.54 Å². The van der Waals surface area contributed by atoms with Crippen LogP contribution in [0, 0.1) is 11.8 Å². The fourth-order valence-electron chi connectivity index (χ4n) is 0.598. The van der Waals surface area contributed by atoms with Crippen LogP contribution in [0.4, 0.5) is 0 Å². The van der Waals surface area contributed by atoms with E-state index in [9.17, 15) is 0 Å². The second-order valence-electron chi connectivity index (χ2n) is 1.94. The van der Waals surface area contributed by atoms with Crippen LogP contribution in [0.5, 0.6) is 0 Å². The Hall–Kier alpha value is -0.490. The second kappa shape index (κ2) is 4.40. The highest BCUT2D eigenvalue weighted by Crippen LogP contribution is 2.20. The molecular formula is C8H8ClNS. The molecule has 0 aliphatic rings. The van der Waals surface area contributed by atoms with Gasteiger partial charge in [-0.1, -0.05) is 23.4 Å². The van der Waals surface area contributed by atoms with Crippen molar-refractivity contribution < 1.29 is 0 Å². The molecule has 0 aliphatic heterocycles. The largest absolute Gasteiger partial charge is 0.330 e. The summed E-state index contributed by atoms with van der Waals surface area (Å²) in [4.78, 5) is 0.931. The Labute approximate surface area is 75.2 Å². The molecule has 0 aromatic carbocycles. The first-order chi connectivity index (χ1) is 5.34. The van der Waals surface area contributed by atoms with Crippen LogP contribution in [0.3, 0.4) is 0 Å². The Bertz CT molecular complexity index is 282. The third-order valence-electron chi connectivity index (χ3n) is 1.09. The van der Waals surface area contributed by atoms with Gasteiger partial charge in [0.05, 0.1) is 9.90 Å². The predicted molar refractivity (Wildman–Crippen MR) is 49.9 cm³/mol. The van der Waals surface area contributed by atoms with Gasteiger partial charge in [0.1, 0.15) is 0 Å². The summed E-state index contributed by atoms with van der Waals surface area (Å²) in [6.07, 6.45) is 0.730. The first-order valence-electron chi connectivity index (χ1n) is 3.26. The molecule has 0 fully saturated rings. The molecule has 58 valence electrons. The van der Waals surface area contributed by atoms with Gasteiger partial charge >= 0.3 is 0 Å². The Morgan fingerprint density at radius 3 is 3.00 bits per heavy atom. The molecule has 1 nitrogen and oxygen atoms in total. The van der Waals surface area contributed by atoms with E-state index in [1.165, 1.54) is 0 Å². The lowest BCUT2D eigenvalue weighted by Gasteiger charge is -1.81. The monoisotopic (exact) mass is 185 g/mol. The molecule has 0 amide bonds. The van der Waals surface area contributed by atoms with E-state index in [1.807, 2.05) is 11.4 Å². The molecule has 0 atom stereocenters. The topological polar surface area (TPSA) is 26.0 Å². The van der Waals surface area contributed by atoms with Crippen molar-refractivity contribution in [2.45, 2.75) is 6.42 Å². The van der Waals surface area contributed by atoms with Crippen molar-refractivity contribution in [3.63, 3.8) is 0 Å². The maximum Gasteiger partial charge on any atom is 0.0954 e. The summed E-state index contributed by atoms with van der Waals surface area (Å²) < 4.78 is 0. The molecule has 1 aromatic rings. The van der Waals surface area contributed by atoms with Crippen LogP contribution in [0.25, 0.3) is 0 Å². The summed E-state index contributed by atoms with van der Waals surface area (Å²) in [5, 5.41) is 2.66. The maximum absolute atomic E-state index is 5.80. The minimum Gasteiger partial charge on any atom is -0.330 e. The number of nitrogens with two attached hydrogens (primary N) is 1. The Morgan fingerprint density at radius 2 is 2.45 bits per heavy atom. The maximum atomic E-state index is 5.80. The number of hydrogen-bond acceptors (Lipinski definition) is 2. The summed E-state index contributed by atoms with van der Waals surface area (Å²) in [5.41, 5.74) is 5.27. The SMILES string of the molecule is NCCC#Cc1sccc1Cl. The van der Waals surface area contributed by atoms with E-state index in [1.54, 1.807) is 11.3 Å². The molecule has 2 N–H and O–H groups in total. The first kappa shape index (κ1) is 8.61. The van der Waals surface area contributed by atoms with Crippen molar-refractivity contribution in [3.05, 3.63) is 21.3 Å². The summed E-state index contributed by atoms with van der Waals surface area (Å²) >= 11 is 7.35. The molecule has 0 saturated heterocycles.